The Balaban J connectivity index is 2.35. The lowest BCUT2D eigenvalue weighted by Gasteiger charge is -2.13. The molecule has 0 saturated carbocycles. The number of pyridine rings is 1. The molecule has 2 aromatic rings. The van der Waals surface area contributed by atoms with Crippen LogP contribution in [0, 0.1) is 5.82 Å². The molecule has 0 aliphatic carbocycles. The Hall–Kier alpha value is -2.14. The number of aliphatic hydroxyl groups excluding tert-OH is 1. The summed E-state index contributed by atoms with van der Waals surface area (Å²) >= 11 is 0. The first kappa shape index (κ1) is 13.3. The van der Waals surface area contributed by atoms with E-state index in [4.69, 9.17) is 9.47 Å². The van der Waals surface area contributed by atoms with Crippen LogP contribution in [0.2, 0.25) is 0 Å². The number of methoxy groups -OCH3 is 2. The number of hydrogen-bond acceptors (Lipinski definition) is 4. The van der Waals surface area contributed by atoms with Gasteiger partial charge in [0.05, 0.1) is 20.4 Å². The zero-order chi connectivity index (χ0) is 13.8. The second-order valence-corrected chi connectivity index (χ2v) is 3.95. The molecule has 0 saturated heterocycles. The first-order valence-electron chi connectivity index (χ1n) is 5.66. The van der Waals surface area contributed by atoms with Gasteiger partial charge in [0.15, 0.2) is 11.6 Å². The summed E-state index contributed by atoms with van der Waals surface area (Å²) in [5.41, 5.74) is 1.08. The number of ether oxygens (including phenoxy) is 2. The van der Waals surface area contributed by atoms with E-state index in [1.165, 1.54) is 38.6 Å². The van der Waals surface area contributed by atoms with Crippen molar-refractivity contribution in [3.63, 3.8) is 0 Å². The molecule has 0 spiro atoms. The van der Waals surface area contributed by atoms with Crippen LogP contribution >= 0.6 is 0 Å². The first-order valence-corrected chi connectivity index (χ1v) is 5.66. The van der Waals surface area contributed by atoms with Gasteiger partial charge in [-0.05, 0) is 23.8 Å². The van der Waals surface area contributed by atoms with Crippen molar-refractivity contribution in [1.82, 2.24) is 4.98 Å². The van der Waals surface area contributed by atoms with Crippen molar-refractivity contribution in [2.24, 2.45) is 0 Å². The van der Waals surface area contributed by atoms with Crippen LogP contribution in [0.5, 0.6) is 11.5 Å². The van der Waals surface area contributed by atoms with Gasteiger partial charge in [0, 0.05) is 11.8 Å². The van der Waals surface area contributed by atoms with Gasteiger partial charge in [-0.3, -0.25) is 4.98 Å². The fraction of sp³-hybridized carbons (Fsp3) is 0.214. The number of benzene rings is 1. The second kappa shape index (κ2) is 5.67. The monoisotopic (exact) mass is 263 g/mol. The third kappa shape index (κ3) is 2.82. The molecule has 100 valence electrons. The Labute approximate surface area is 110 Å². The van der Waals surface area contributed by atoms with Crippen LogP contribution in [0.3, 0.4) is 0 Å². The van der Waals surface area contributed by atoms with Gasteiger partial charge < -0.3 is 14.6 Å². The van der Waals surface area contributed by atoms with Crippen molar-refractivity contribution in [2.75, 3.05) is 14.2 Å². The number of rotatable bonds is 4. The smallest absolute Gasteiger partial charge is 0.165 e. The van der Waals surface area contributed by atoms with Crippen molar-refractivity contribution in [3.8, 4) is 11.5 Å². The number of aromatic nitrogens is 1. The molecule has 0 aliphatic heterocycles. The molecule has 0 bridgehead atoms. The van der Waals surface area contributed by atoms with E-state index in [9.17, 15) is 9.50 Å². The largest absolute Gasteiger partial charge is 0.495 e. The van der Waals surface area contributed by atoms with Crippen molar-refractivity contribution >= 4 is 0 Å². The zero-order valence-electron chi connectivity index (χ0n) is 10.6. The Morgan fingerprint density at radius 1 is 1.11 bits per heavy atom. The summed E-state index contributed by atoms with van der Waals surface area (Å²) in [7, 11) is 2.90. The summed E-state index contributed by atoms with van der Waals surface area (Å²) in [4.78, 5) is 3.97. The van der Waals surface area contributed by atoms with Gasteiger partial charge in [0.2, 0.25) is 0 Å². The van der Waals surface area contributed by atoms with Crippen LogP contribution in [0.4, 0.5) is 4.39 Å². The van der Waals surface area contributed by atoms with Crippen LogP contribution in [0.1, 0.15) is 17.2 Å². The summed E-state index contributed by atoms with van der Waals surface area (Å²) in [5.74, 6) is 0.167. The Bertz CT molecular complexity index is 574. The van der Waals surface area contributed by atoms with Crippen LogP contribution in [0.15, 0.2) is 36.7 Å². The average molecular weight is 263 g/mol. The minimum absolute atomic E-state index is 0.0902. The van der Waals surface area contributed by atoms with Crippen LogP contribution in [-0.2, 0) is 0 Å². The lowest BCUT2D eigenvalue weighted by atomic mass is 10.0. The van der Waals surface area contributed by atoms with E-state index < -0.39 is 11.9 Å². The predicted molar refractivity (Wildman–Crippen MR) is 67.8 cm³/mol. The van der Waals surface area contributed by atoms with Crippen LogP contribution < -0.4 is 9.47 Å². The molecule has 1 aromatic carbocycles. The van der Waals surface area contributed by atoms with Gasteiger partial charge in [-0.25, -0.2) is 4.39 Å². The molecule has 5 heteroatoms. The average Bonchev–Trinajstić information content (AvgIpc) is 2.47. The molecule has 2 rings (SSSR count). The summed E-state index contributed by atoms with van der Waals surface area (Å²) in [6, 6.07) is 5.89. The number of nitrogens with zero attached hydrogens (tertiary/aromatic N) is 1. The minimum atomic E-state index is -0.919. The molecular weight excluding hydrogens is 249 g/mol. The molecular formula is C14H14FNO3. The highest BCUT2D eigenvalue weighted by Crippen LogP contribution is 2.28. The maximum Gasteiger partial charge on any atom is 0.165 e. The Morgan fingerprint density at radius 2 is 1.89 bits per heavy atom. The maximum absolute atomic E-state index is 13.3. The zero-order valence-corrected chi connectivity index (χ0v) is 10.6. The fourth-order valence-corrected chi connectivity index (χ4v) is 1.74. The van der Waals surface area contributed by atoms with Gasteiger partial charge in [0.1, 0.15) is 11.9 Å². The lowest BCUT2D eigenvalue weighted by molar-refractivity contribution is 0.218. The fourth-order valence-electron chi connectivity index (χ4n) is 1.74. The predicted octanol–water partition coefficient (Wildman–Crippen LogP) is 2.32. The molecule has 1 aromatic heterocycles. The van der Waals surface area contributed by atoms with Gasteiger partial charge in [-0.15, -0.1) is 0 Å². The van der Waals surface area contributed by atoms with E-state index in [0.717, 1.165) is 0 Å². The van der Waals surface area contributed by atoms with Crippen LogP contribution in [0.25, 0.3) is 0 Å². The highest BCUT2D eigenvalue weighted by molar-refractivity contribution is 5.37. The number of halogens is 1. The second-order valence-electron chi connectivity index (χ2n) is 3.95. The topological polar surface area (TPSA) is 51.6 Å². The van der Waals surface area contributed by atoms with E-state index in [1.54, 1.807) is 12.3 Å². The molecule has 1 atom stereocenters. The van der Waals surface area contributed by atoms with Crippen molar-refractivity contribution < 1.29 is 19.0 Å². The van der Waals surface area contributed by atoms with Crippen molar-refractivity contribution in [1.29, 1.82) is 0 Å². The molecule has 1 heterocycles. The summed E-state index contributed by atoms with van der Waals surface area (Å²) in [6.07, 6.45) is 2.15. The Kier molecular flexibility index (Phi) is 3.97. The van der Waals surface area contributed by atoms with Crippen molar-refractivity contribution in [2.45, 2.75) is 6.10 Å². The molecule has 0 radical (unpaired) electrons. The number of hydrogen-bond donors (Lipinski definition) is 1. The first-order chi connectivity index (χ1) is 9.15. The third-order valence-corrected chi connectivity index (χ3v) is 2.78. The van der Waals surface area contributed by atoms with E-state index >= 15 is 0 Å². The van der Waals surface area contributed by atoms with E-state index in [1.807, 2.05) is 0 Å². The van der Waals surface area contributed by atoms with Crippen molar-refractivity contribution in [3.05, 3.63) is 53.6 Å². The van der Waals surface area contributed by atoms with E-state index in [0.29, 0.717) is 16.9 Å². The molecule has 0 aliphatic rings. The van der Waals surface area contributed by atoms with E-state index in [2.05, 4.69) is 4.98 Å². The molecule has 0 fully saturated rings. The highest BCUT2D eigenvalue weighted by atomic mass is 19.1. The highest BCUT2D eigenvalue weighted by Gasteiger charge is 2.14. The number of aliphatic hydroxyl groups is 1. The van der Waals surface area contributed by atoms with E-state index in [-0.39, 0.29) is 5.75 Å². The molecule has 19 heavy (non-hydrogen) atoms. The molecule has 4 nitrogen and oxygen atoms in total. The minimum Gasteiger partial charge on any atom is -0.495 e. The quantitative estimate of drug-likeness (QED) is 0.919. The standard InChI is InChI=1S/C14H14FNO3/c1-18-11-5-10(7-16-8-11)14(17)9-3-4-12(15)13(6-9)19-2/h3-8,14,17H,1-2H3. The summed E-state index contributed by atoms with van der Waals surface area (Å²) in [5, 5.41) is 10.2. The van der Waals surface area contributed by atoms with Gasteiger partial charge in [-0.1, -0.05) is 6.07 Å². The SMILES string of the molecule is COc1cncc(C(O)c2ccc(F)c(OC)c2)c1. The molecule has 1 N–H and O–H groups in total. The van der Waals surface area contributed by atoms with Gasteiger partial charge in [-0.2, -0.15) is 0 Å². The van der Waals surface area contributed by atoms with Gasteiger partial charge in [0.25, 0.3) is 0 Å². The third-order valence-electron chi connectivity index (χ3n) is 2.78. The summed E-state index contributed by atoms with van der Waals surface area (Å²) in [6.45, 7) is 0. The van der Waals surface area contributed by atoms with Crippen LogP contribution in [-0.4, -0.2) is 24.3 Å². The summed E-state index contributed by atoms with van der Waals surface area (Å²) < 4.78 is 23.3. The molecule has 1 unspecified atom stereocenters. The lowest BCUT2D eigenvalue weighted by Crippen LogP contribution is -2.02. The maximum atomic E-state index is 13.3. The van der Waals surface area contributed by atoms with Gasteiger partial charge >= 0.3 is 0 Å². The normalized spacial score (nSPS) is 12.0. The Morgan fingerprint density at radius 3 is 2.58 bits per heavy atom. The molecule has 0 amide bonds.